The maximum atomic E-state index is 10.6. The highest BCUT2D eigenvalue weighted by atomic mass is 16.4. The number of hydrogen-bond donors (Lipinski definition) is 2. The van der Waals surface area contributed by atoms with Gasteiger partial charge in [-0.3, -0.25) is 4.79 Å². The van der Waals surface area contributed by atoms with E-state index in [0.29, 0.717) is 6.04 Å². The minimum Gasteiger partial charge on any atom is -0.481 e. The highest BCUT2D eigenvalue weighted by Gasteiger charge is 2.18. The molecule has 0 spiro atoms. The molecule has 0 aromatic heterocycles. The smallest absolute Gasteiger partial charge is 0.307 e. The van der Waals surface area contributed by atoms with E-state index in [9.17, 15) is 4.79 Å². The SMILES string of the molecule is CC1CCCCCC1NCc1ccc(CC(=O)O)cc1. The zero-order chi connectivity index (χ0) is 14.4. The van der Waals surface area contributed by atoms with E-state index in [2.05, 4.69) is 12.2 Å². The Morgan fingerprint density at radius 2 is 1.80 bits per heavy atom. The van der Waals surface area contributed by atoms with Crippen molar-refractivity contribution >= 4 is 5.97 Å². The molecule has 2 rings (SSSR count). The molecule has 1 fully saturated rings. The van der Waals surface area contributed by atoms with Crippen LogP contribution in [-0.4, -0.2) is 17.1 Å². The van der Waals surface area contributed by atoms with Crippen molar-refractivity contribution in [1.82, 2.24) is 5.32 Å². The van der Waals surface area contributed by atoms with E-state index in [1.807, 2.05) is 24.3 Å². The summed E-state index contributed by atoms with van der Waals surface area (Å²) in [6.07, 6.45) is 6.77. The van der Waals surface area contributed by atoms with E-state index in [1.165, 1.54) is 37.7 Å². The van der Waals surface area contributed by atoms with Crippen LogP contribution >= 0.6 is 0 Å². The molecule has 1 aliphatic rings. The summed E-state index contributed by atoms with van der Waals surface area (Å²) in [5.41, 5.74) is 2.10. The van der Waals surface area contributed by atoms with Gasteiger partial charge in [-0.25, -0.2) is 0 Å². The molecule has 2 unspecified atom stereocenters. The summed E-state index contributed by atoms with van der Waals surface area (Å²) in [6.45, 7) is 3.22. The summed E-state index contributed by atoms with van der Waals surface area (Å²) >= 11 is 0. The first-order chi connectivity index (χ1) is 9.65. The van der Waals surface area contributed by atoms with Crippen molar-refractivity contribution < 1.29 is 9.90 Å². The highest BCUT2D eigenvalue weighted by molar-refractivity contribution is 5.70. The van der Waals surface area contributed by atoms with Crippen LogP contribution < -0.4 is 5.32 Å². The Labute approximate surface area is 121 Å². The lowest BCUT2D eigenvalue weighted by Gasteiger charge is -2.23. The topological polar surface area (TPSA) is 49.3 Å². The molecule has 0 amide bonds. The van der Waals surface area contributed by atoms with E-state index in [4.69, 9.17) is 5.11 Å². The third kappa shape index (κ3) is 4.64. The van der Waals surface area contributed by atoms with Crippen LogP contribution in [0.5, 0.6) is 0 Å². The number of benzene rings is 1. The molecule has 3 heteroatoms. The standard InChI is InChI=1S/C17H25NO2/c1-13-5-3-2-4-6-16(13)18-12-15-9-7-14(8-10-15)11-17(19)20/h7-10,13,16,18H,2-6,11-12H2,1H3,(H,19,20). The minimum atomic E-state index is -0.775. The van der Waals surface area contributed by atoms with Crippen molar-refractivity contribution in [2.24, 2.45) is 5.92 Å². The third-order valence-corrected chi connectivity index (χ3v) is 4.31. The minimum absolute atomic E-state index is 0.105. The molecule has 0 aliphatic heterocycles. The molecule has 2 N–H and O–H groups in total. The molecular weight excluding hydrogens is 250 g/mol. The van der Waals surface area contributed by atoms with Gasteiger partial charge in [0.25, 0.3) is 0 Å². The van der Waals surface area contributed by atoms with Gasteiger partial charge in [0.15, 0.2) is 0 Å². The average molecular weight is 275 g/mol. The number of carboxylic acid groups (broad SMARTS) is 1. The van der Waals surface area contributed by atoms with E-state index < -0.39 is 5.97 Å². The Morgan fingerprint density at radius 3 is 2.50 bits per heavy atom. The fourth-order valence-corrected chi connectivity index (χ4v) is 2.99. The number of carboxylic acids is 1. The second-order valence-electron chi connectivity index (χ2n) is 5.99. The summed E-state index contributed by atoms with van der Waals surface area (Å²) in [5, 5.41) is 12.4. The van der Waals surface area contributed by atoms with E-state index in [-0.39, 0.29) is 6.42 Å². The zero-order valence-corrected chi connectivity index (χ0v) is 12.3. The molecule has 1 aliphatic carbocycles. The zero-order valence-electron chi connectivity index (χ0n) is 12.3. The Kier molecular flexibility index (Phi) is 5.60. The van der Waals surface area contributed by atoms with E-state index >= 15 is 0 Å². The van der Waals surface area contributed by atoms with Gasteiger partial charge in [0.05, 0.1) is 6.42 Å². The Balaban J connectivity index is 1.85. The maximum absolute atomic E-state index is 10.6. The molecule has 0 heterocycles. The normalized spacial score (nSPS) is 23.2. The van der Waals surface area contributed by atoms with Crippen molar-refractivity contribution in [2.45, 2.75) is 58.0 Å². The van der Waals surface area contributed by atoms with Crippen LogP contribution in [0, 0.1) is 5.92 Å². The first-order valence-corrected chi connectivity index (χ1v) is 7.68. The van der Waals surface area contributed by atoms with Gasteiger partial charge >= 0.3 is 5.97 Å². The second-order valence-corrected chi connectivity index (χ2v) is 5.99. The fourth-order valence-electron chi connectivity index (χ4n) is 2.99. The number of hydrogen-bond acceptors (Lipinski definition) is 2. The summed E-state index contributed by atoms with van der Waals surface area (Å²) in [5.74, 6) is -0.0214. The van der Waals surface area contributed by atoms with Crippen LogP contribution in [0.3, 0.4) is 0 Å². The van der Waals surface area contributed by atoms with Gasteiger partial charge in [0.2, 0.25) is 0 Å². The molecule has 1 aromatic rings. The van der Waals surface area contributed by atoms with Gasteiger partial charge in [-0.2, -0.15) is 0 Å². The Bertz CT molecular complexity index is 427. The average Bonchev–Trinajstić information content (AvgIpc) is 2.62. The largest absolute Gasteiger partial charge is 0.481 e. The van der Waals surface area contributed by atoms with Crippen molar-refractivity contribution in [3.05, 3.63) is 35.4 Å². The van der Waals surface area contributed by atoms with Gasteiger partial charge < -0.3 is 10.4 Å². The summed E-state index contributed by atoms with van der Waals surface area (Å²) in [6, 6.07) is 8.53. The maximum Gasteiger partial charge on any atom is 0.307 e. The van der Waals surface area contributed by atoms with Crippen LogP contribution in [-0.2, 0) is 17.8 Å². The van der Waals surface area contributed by atoms with Crippen molar-refractivity contribution in [2.75, 3.05) is 0 Å². The van der Waals surface area contributed by atoms with Gasteiger partial charge in [0, 0.05) is 12.6 Å². The molecule has 1 aromatic carbocycles. The molecule has 20 heavy (non-hydrogen) atoms. The van der Waals surface area contributed by atoms with Crippen molar-refractivity contribution in [1.29, 1.82) is 0 Å². The highest BCUT2D eigenvalue weighted by Crippen LogP contribution is 2.23. The molecule has 0 bridgehead atoms. The number of nitrogens with one attached hydrogen (secondary N) is 1. The monoisotopic (exact) mass is 275 g/mol. The molecule has 0 saturated heterocycles. The first kappa shape index (κ1) is 15.0. The van der Waals surface area contributed by atoms with Gasteiger partial charge in [-0.15, -0.1) is 0 Å². The fraction of sp³-hybridized carbons (Fsp3) is 0.588. The number of rotatable bonds is 5. The molecule has 3 nitrogen and oxygen atoms in total. The molecular formula is C17H25NO2. The van der Waals surface area contributed by atoms with Crippen LogP contribution in [0.15, 0.2) is 24.3 Å². The van der Waals surface area contributed by atoms with Gasteiger partial charge in [0.1, 0.15) is 0 Å². The summed E-state index contributed by atoms with van der Waals surface area (Å²) < 4.78 is 0. The molecule has 1 saturated carbocycles. The number of aliphatic carboxylic acids is 1. The van der Waals surface area contributed by atoms with Crippen molar-refractivity contribution in [3.8, 4) is 0 Å². The third-order valence-electron chi connectivity index (χ3n) is 4.31. The second kappa shape index (κ2) is 7.44. The molecule has 2 atom stereocenters. The van der Waals surface area contributed by atoms with Crippen molar-refractivity contribution in [3.63, 3.8) is 0 Å². The lowest BCUT2D eigenvalue weighted by Crippen LogP contribution is -2.33. The first-order valence-electron chi connectivity index (χ1n) is 7.68. The quantitative estimate of drug-likeness (QED) is 0.810. The van der Waals surface area contributed by atoms with E-state index in [0.717, 1.165) is 18.0 Å². The van der Waals surface area contributed by atoms with Gasteiger partial charge in [-0.1, -0.05) is 50.5 Å². The predicted octanol–water partition coefficient (Wildman–Crippen LogP) is 3.37. The van der Waals surface area contributed by atoms with Gasteiger partial charge in [-0.05, 0) is 29.9 Å². The predicted molar refractivity (Wildman–Crippen MR) is 80.7 cm³/mol. The Hall–Kier alpha value is -1.35. The lowest BCUT2D eigenvalue weighted by molar-refractivity contribution is -0.136. The van der Waals surface area contributed by atoms with E-state index in [1.54, 1.807) is 0 Å². The molecule has 0 radical (unpaired) electrons. The number of carbonyl (C=O) groups is 1. The summed E-state index contributed by atoms with van der Waals surface area (Å²) in [7, 11) is 0. The van der Waals surface area contributed by atoms with Crippen LogP contribution in [0.4, 0.5) is 0 Å². The van der Waals surface area contributed by atoms with Crippen LogP contribution in [0.25, 0.3) is 0 Å². The van der Waals surface area contributed by atoms with Crippen LogP contribution in [0.2, 0.25) is 0 Å². The van der Waals surface area contributed by atoms with Crippen LogP contribution in [0.1, 0.15) is 50.2 Å². The summed E-state index contributed by atoms with van der Waals surface area (Å²) in [4.78, 5) is 10.6. The lowest BCUT2D eigenvalue weighted by atomic mass is 9.96. The Morgan fingerprint density at radius 1 is 1.15 bits per heavy atom. The molecule has 110 valence electrons.